The second-order valence-electron chi connectivity index (χ2n) is 9.01. The lowest BCUT2D eigenvalue weighted by Crippen LogP contribution is -2.29. The Hall–Kier alpha value is -3.86. The number of nitrogens with zero attached hydrogens (tertiary/aromatic N) is 2. The van der Waals surface area contributed by atoms with Crippen LogP contribution in [0.15, 0.2) is 78.9 Å². The lowest BCUT2D eigenvalue weighted by Gasteiger charge is -2.28. The van der Waals surface area contributed by atoms with Gasteiger partial charge in [-0.15, -0.1) is 0 Å². The standard InChI is InChI=1S/C29H30N4O/c1-21-6-5-7-22(18-21)20-30-29(34)25-10-8-23(9-11-25)27-19-28(32-31-27)24-12-14-26(15-13-24)33-16-3-2-4-17-33/h5-15,18-19H,2-4,16-17,20H2,1H3,(H,30,34)(H,31,32). The molecule has 1 saturated heterocycles. The van der Waals surface area contributed by atoms with Gasteiger partial charge in [-0.25, -0.2) is 0 Å². The molecule has 2 N–H and O–H groups in total. The van der Waals surface area contributed by atoms with Crippen LogP contribution in [-0.2, 0) is 6.54 Å². The molecule has 1 aliphatic heterocycles. The highest BCUT2D eigenvalue weighted by molar-refractivity contribution is 5.94. The van der Waals surface area contributed by atoms with Gasteiger partial charge in [0.05, 0.1) is 11.4 Å². The first-order valence-corrected chi connectivity index (χ1v) is 12.0. The van der Waals surface area contributed by atoms with Gasteiger partial charge in [-0.1, -0.05) is 54.1 Å². The molecule has 5 heteroatoms. The summed E-state index contributed by atoms with van der Waals surface area (Å²) in [5.74, 6) is -0.0767. The first kappa shape index (κ1) is 22.0. The van der Waals surface area contributed by atoms with Gasteiger partial charge in [0, 0.05) is 36.4 Å². The van der Waals surface area contributed by atoms with E-state index >= 15 is 0 Å². The zero-order valence-electron chi connectivity index (χ0n) is 19.6. The minimum atomic E-state index is -0.0767. The normalized spacial score (nSPS) is 13.6. The summed E-state index contributed by atoms with van der Waals surface area (Å²) in [4.78, 5) is 15.0. The molecule has 4 aromatic rings. The summed E-state index contributed by atoms with van der Waals surface area (Å²) in [6.45, 7) is 4.86. The lowest BCUT2D eigenvalue weighted by molar-refractivity contribution is 0.0951. The van der Waals surface area contributed by atoms with Crippen LogP contribution in [0.25, 0.3) is 22.5 Å². The fourth-order valence-electron chi connectivity index (χ4n) is 4.52. The Morgan fingerprint density at radius 2 is 1.65 bits per heavy atom. The van der Waals surface area contributed by atoms with Gasteiger partial charge in [0.1, 0.15) is 0 Å². The average Bonchev–Trinajstić information content (AvgIpc) is 3.38. The average molecular weight is 451 g/mol. The van der Waals surface area contributed by atoms with Gasteiger partial charge in [0.25, 0.3) is 5.91 Å². The molecule has 0 bridgehead atoms. The number of nitrogens with one attached hydrogen (secondary N) is 2. The second-order valence-corrected chi connectivity index (χ2v) is 9.01. The summed E-state index contributed by atoms with van der Waals surface area (Å²) in [6.07, 6.45) is 3.89. The van der Waals surface area contributed by atoms with Crippen LogP contribution in [0.4, 0.5) is 5.69 Å². The molecule has 2 heterocycles. The van der Waals surface area contributed by atoms with Crippen LogP contribution in [0.3, 0.4) is 0 Å². The molecule has 34 heavy (non-hydrogen) atoms. The maximum atomic E-state index is 12.5. The number of hydrogen-bond donors (Lipinski definition) is 2. The number of piperidine rings is 1. The SMILES string of the molecule is Cc1cccc(CNC(=O)c2ccc(-c3cc(-c4ccc(N5CCCCC5)cc4)n[nH]3)cc2)c1. The third-order valence-electron chi connectivity index (χ3n) is 6.46. The van der Waals surface area contributed by atoms with Gasteiger partial charge in [0.15, 0.2) is 0 Å². The third-order valence-corrected chi connectivity index (χ3v) is 6.46. The van der Waals surface area contributed by atoms with E-state index in [1.54, 1.807) is 0 Å². The zero-order valence-corrected chi connectivity index (χ0v) is 19.6. The number of aromatic nitrogens is 2. The largest absolute Gasteiger partial charge is 0.372 e. The second kappa shape index (κ2) is 9.96. The summed E-state index contributed by atoms with van der Waals surface area (Å²) in [5.41, 5.74) is 8.16. The van der Waals surface area contributed by atoms with Crippen molar-refractivity contribution >= 4 is 11.6 Å². The van der Waals surface area contributed by atoms with Crippen molar-refractivity contribution in [3.8, 4) is 22.5 Å². The van der Waals surface area contributed by atoms with Crippen molar-refractivity contribution in [2.24, 2.45) is 0 Å². The van der Waals surface area contributed by atoms with Crippen molar-refractivity contribution in [2.75, 3.05) is 18.0 Å². The van der Waals surface area contributed by atoms with Crippen LogP contribution in [0.2, 0.25) is 0 Å². The van der Waals surface area contributed by atoms with E-state index in [0.717, 1.165) is 41.2 Å². The molecule has 0 aliphatic carbocycles. The van der Waals surface area contributed by atoms with Gasteiger partial charge in [-0.3, -0.25) is 9.89 Å². The molecule has 1 aliphatic rings. The number of carbonyl (C=O) groups excluding carboxylic acids is 1. The topological polar surface area (TPSA) is 61.0 Å². The summed E-state index contributed by atoms with van der Waals surface area (Å²) < 4.78 is 0. The van der Waals surface area contributed by atoms with Gasteiger partial charge < -0.3 is 10.2 Å². The summed E-state index contributed by atoms with van der Waals surface area (Å²) >= 11 is 0. The van der Waals surface area contributed by atoms with Crippen molar-refractivity contribution < 1.29 is 4.79 Å². The van der Waals surface area contributed by atoms with Crippen molar-refractivity contribution in [2.45, 2.75) is 32.7 Å². The van der Waals surface area contributed by atoms with Crippen molar-refractivity contribution in [3.05, 3.63) is 95.6 Å². The molecular formula is C29H30N4O. The van der Waals surface area contributed by atoms with Crippen LogP contribution in [-0.4, -0.2) is 29.2 Å². The van der Waals surface area contributed by atoms with E-state index in [-0.39, 0.29) is 5.91 Å². The molecule has 0 unspecified atom stereocenters. The highest BCUT2D eigenvalue weighted by atomic mass is 16.1. The first-order chi connectivity index (χ1) is 16.7. The Labute approximate surface area is 200 Å². The Morgan fingerprint density at radius 1 is 0.912 bits per heavy atom. The maximum Gasteiger partial charge on any atom is 0.251 e. The van der Waals surface area contributed by atoms with E-state index in [1.165, 1.54) is 30.5 Å². The minimum Gasteiger partial charge on any atom is -0.372 e. The van der Waals surface area contributed by atoms with Gasteiger partial charge in [0.2, 0.25) is 0 Å². The number of anilines is 1. The van der Waals surface area contributed by atoms with Gasteiger partial charge >= 0.3 is 0 Å². The lowest BCUT2D eigenvalue weighted by atomic mass is 10.1. The van der Waals surface area contributed by atoms with Crippen LogP contribution >= 0.6 is 0 Å². The predicted octanol–water partition coefficient (Wildman–Crippen LogP) is 5.97. The van der Waals surface area contributed by atoms with E-state index in [9.17, 15) is 4.79 Å². The smallest absolute Gasteiger partial charge is 0.251 e. The van der Waals surface area contributed by atoms with E-state index in [0.29, 0.717) is 12.1 Å². The summed E-state index contributed by atoms with van der Waals surface area (Å²) in [7, 11) is 0. The van der Waals surface area contributed by atoms with Crippen molar-refractivity contribution in [1.82, 2.24) is 15.5 Å². The molecule has 1 amide bonds. The number of carbonyl (C=O) groups is 1. The number of hydrogen-bond acceptors (Lipinski definition) is 3. The molecule has 1 fully saturated rings. The molecular weight excluding hydrogens is 420 g/mol. The zero-order chi connectivity index (χ0) is 23.3. The Morgan fingerprint density at radius 3 is 2.38 bits per heavy atom. The predicted molar refractivity (Wildman–Crippen MR) is 138 cm³/mol. The highest BCUT2D eigenvalue weighted by Crippen LogP contribution is 2.27. The summed E-state index contributed by atoms with van der Waals surface area (Å²) in [6, 6.07) is 26.5. The van der Waals surface area contributed by atoms with Gasteiger partial charge in [-0.05, 0) is 67.6 Å². The Kier molecular flexibility index (Phi) is 6.43. The number of amides is 1. The van der Waals surface area contributed by atoms with Gasteiger partial charge in [-0.2, -0.15) is 5.10 Å². The number of benzene rings is 3. The molecule has 5 nitrogen and oxygen atoms in total. The molecule has 0 atom stereocenters. The quantitative estimate of drug-likeness (QED) is 0.380. The fourth-order valence-corrected chi connectivity index (χ4v) is 4.52. The number of rotatable bonds is 6. The molecule has 3 aromatic carbocycles. The minimum absolute atomic E-state index is 0.0767. The van der Waals surface area contributed by atoms with E-state index in [1.807, 2.05) is 36.4 Å². The fraction of sp³-hybridized carbons (Fsp3) is 0.241. The molecule has 0 saturated carbocycles. The van der Waals surface area contributed by atoms with Crippen LogP contribution in [0.5, 0.6) is 0 Å². The molecule has 0 radical (unpaired) electrons. The maximum absolute atomic E-state index is 12.5. The summed E-state index contributed by atoms with van der Waals surface area (Å²) in [5, 5.41) is 10.6. The number of aryl methyl sites for hydroxylation is 1. The highest BCUT2D eigenvalue weighted by Gasteiger charge is 2.12. The van der Waals surface area contributed by atoms with Crippen LogP contribution in [0, 0.1) is 6.92 Å². The molecule has 1 aromatic heterocycles. The molecule has 5 rings (SSSR count). The number of aromatic amines is 1. The Bertz CT molecular complexity index is 1250. The van der Waals surface area contributed by atoms with Crippen molar-refractivity contribution in [3.63, 3.8) is 0 Å². The number of H-pyrrole nitrogens is 1. The third kappa shape index (κ3) is 5.04. The molecule has 172 valence electrons. The monoisotopic (exact) mass is 450 g/mol. The van der Waals surface area contributed by atoms with Crippen molar-refractivity contribution in [1.29, 1.82) is 0 Å². The van der Waals surface area contributed by atoms with Crippen LogP contribution in [0.1, 0.15) is 40.7 Å². The van der Waals surface area contributed by atoms with E-state index in [2.05, 4.69) is 69.8 Å². The first-order valence-electron chi connectivity index (χ1n) is 12.0. The Balaban J connectivity index is 1.23. The van der Waals surface area contributed by atoms with Crippen LogP contribution < -0.4 is 10.2 Å². The molecule has 0 spiro atoms. The van der Waals surface area contributed by atoms with E-state index in [4.69, 9.17) is 0 Å². The van der Waals surface area contributed by atoms with E-state index < -0.39 is 0 Å².